The Hall–Kier alpha value is -3.32. The van der Waals surface area contributed by atoms with Crippen LogP contribution in [0.4, 0.5) is 11.4 Å². The van der Waals surface area contributed by atoms with E-state index in [1.807, 2.05) is 43.3 Å². The second-order valence-electron chi connectivity index (χ2n) is 7.08. The van der Waals surface area contributed by atoms with Crippen molar-refractivity contribution < 1.29 is 13.2 Å². The summed E-state index contributed by atoms with van der Waals surface area (Å²) in [4.78, 5) is 14.7. The third-order valence-corrected chi connectivity index (χ3v) is 6.60. The van der Waals surface area contributed by atoms with Gasteiger partial charge in [-0.15, -0.1) is 0 Å². The maximum absolute atomic E-state index is 12.7. The summed E-state index contributed by atoms with van der Waals surface area (Å²) in [6.45, 7) is 0.413. The van der Waals surface area contributed by atoms with Crippen molar-refractivity contribution in [3.8, 4) is 0 Å². The molecule has 0 aromatic heterocycles. The van der Waals surface area contributed by atoms with Crippen LogP contribution < -0.4 is 14.5 Å². The van der Waals surface area contributed by atoms with Crippen molar-refractivity contribution in [2.24, 2.45) is 0 Å². The first-order valence-corrected chi connectivity index (χ1v) is 10.9. The number of amides is 1. The van der Waals surface area contributed by atoms with E-state index in [4.69, 9.17) is 0 Å². The van der Waals surface area contributed by atoms with Gasteiger partial charge >= 0.3 is 0 Å². The minimum atomic E-state index is -3.65. The molecule has 1 N–H and O–H groups in total. The van der Waals surface area contributed by atoms with Crippen LogP contribution >= 0.6 is 0 Å². The lowest BCUT2D eigenvalue weighted by Gasteiger charge is -2.19. The van der Waals surface area contributed by atoms with E-state index in [1.165, 1.54) is 11.4 Å². The summed E-state index contributed by atoms with van der Waals surface area (Å²) in [6, 6.07) is 22.7. The highest BCUT2D eigenvalue weighted by atomic mass is 32.2. The van der Waals surface area contributed by atoms with E-state index in [9.17, 15) is 13.2 Å². The molecular formula is C23H25N3O3S. The monoisotopic (exact) mass is 423 g/mol. The summed E-state index contributed by atoms with van der Waals surface area (Å²) in [5.74, 6) is -0.216. The zero-order chi connectivity index (χ0) is 21.7. The van der Waals surface area contributed by atoms with Crippen molar-refractivity contribution in [3.05, 3.63) is 90.0 Å². The number of nitrogens with zero attached hydrogens (tertiary/aromatic N) is 2. The molecule has 0 bridgehead atoms. The molecule has 7 heteroatoms. The van der Waals surface area contributed by atoms with Gasteiger partial charge < -0.3 is 10.2 Å². The van der Waals surface area contributed by atoms with Crippen molar-refractivity contribution >= 4 is 27.3 Å². The first kappa shape index (κ1) is 21.4. The number of anilines is 2. The van der Waals surface area contributed by atoms with E-state index < -0.39 is 10.0 Å². The normalized spacial score (nSPS) is 11.0. The second-order valence-corrected chi connectivity index (χ2v) is 9.05. The Kier molecular flexibility index (Phi) is 6.42. The Morgan fingerprint density at radius 2 is 1.37 bits per heavy atom. The van der Waals surface area contributed by atoms with Crippen LogP contribution in [0.25, 0.3) is 0 Å². The summed E-state index contributed by atoms with van der Waals surface area (Å²) in [5, 5.41) is 2.88. The first-order valence-electron chi connectivity index (χ1n) is 9.47. The number of rotatable bonds is 7. The van der Waals surface area contributed by atoms with Crippen LogP contribution in [0.1, 0.15) is 15.9 Å². The highest BCUT2D eigenvalue weighted by molar-refractivity contribution is 7.92. The summed E-state index contributed by atoms with van der Waals surface area (Å²) in [7, 11) is 1.79. The van der Waals surface area contributed by atoms with Crippen LogP contribution in [0.2, 0.25) is 0 Å². The lowest BCUT2D eigenvalue weighted by atomic mass is 10.1. The zero-order valence-corrected chi connectivity index (χ0v) is 18.1. The molecule has 0 heterocycles. The number of hydrogen-bond donors (Lipinski definition) is 1. The fourth-order valence-electron chi connectivity index (χ4n) is 2.91. The molecule has 6 nitrogen and oxygen atoms in total. The molecule has 0 aliphatic carbocycles. The molecule has 156 valence electrons. The molecule has 3 aromatic carbocycles. The quantitative estimate of drug-likeness (QED) is 0.631. The molecule has 0 spiro atoms. The highest BCUT2D eigenvalue weighted by Gasteiger charge is 2.21. The Morgan fingerprint density at radius 1 is 0.800 bits per heavy atom. The topological polar surface area (TPSA) is 69.7 Å². The summed E-state index contributed by atoms with van der Waals surface area (Å²) in [6.07, 6.45) is 0. The number of hydrogen-bond acceptors (Lipinski definition) is 4. The standard InChI is InChI=1S/C23H25N3O3S/c1-25(2)20-13-9-18(10-14-20)17-24-23(27)19-11-15-21(16-12-19)26(3)30(28,29)22-7-5-4-6-8-22/h4-16H,17H2,1-3H3,(H,24,27). The van der Waals surface area contributed by atoms with E-state index in [2.05, 4.69) is 5.32 Å². The Labute approximate surface area is 177 Å². The van der Waals surface area contributed by atoms with Gasteiger partial charge in [0.2, 0.25) is 0 Å². The Balaban J connectivity index is 1.65. The molecule has 1 amide bonds. The van der Waals surface area contributed by atoms with Gasteiger partial charge in [0.1, 0.15) is 0 Å². The average Bonchev–Trinajstić information content (AvgIpc) is 2.78. The third kappa shape index (κ3) is 4.80. The molecule has 0 saturated carbocycles. The van der Waals surface area contributed by atoms with Crippen molar-refractivity contribution in [2.75, 3.05) is 30.3 Å². The van der Waals surface area contributed by atoms with Crippen LogP contribution in [0.5, 0.6) is 0 Å². The van der Waals surface area contributed by atoms with Gasteiger partial charge in [-0.1, -0.05) is 30.3 Å². The number of benzene rings is 3. The van der Waals surface area contributed by atoms with E-state index in [1.54, 1.807) is 54.6 Å². The predicted molar refractivity (Wildman–Crippen MR) is 120 cm³/mol. The van der Waals surface area contributed by atoms with Gasteiger partial charge in [0.15, 0.2) is 0 Å². The van der Waals surface area contributed by atoms with Gasteiger partial charge in [-0.2, -0.15) is 0 Å². The molecule has 0 unspecified atom stereocenters. The van der Waals surface area contributed by atoms with Crippen molar-refractivity contribution in [2.45, 2.75) is 11.4 Å². The highest BCUT2D eigenvalue weighted by Crippen LogP contribution is 2.22. The largest absolute Gasteiger partial charge is 0.378 e. The van der Waals surface area contributed by atoms with E-state index >= 15 is 0 Å². The van der Waals surface area contributed by atoms with E-state index in [0.717, 1.165) is 11.3 Å². The van der Waals surface area contributed by atoms with Crippen molar-refractivity contribution in [3.63, 3.8) is 0 Å². The maximum Gasteiger partial charge on any atom is 0.264 e. The molecule has 0 saturated heterocycles. The maximum atomic E-state index is 12.7. The third-order valence-electron chi connectivity index (χ3n) is 4.80. The van der Waals surface area contributed by atoms with Gasteiger partial charge in [-0.3, -0.25) is 9.10 Å². The molecule has 0 atom stereocenters. The smallest absolute Gasteiger partial charge is 0.264 e. The van der Waals surface area contributed by atoms with Crippen LogP contribution in [-0.4, -0.2) is 35.5 Å². The molecule has 3 aromatic rings. The zero-order valence-electron chi connectivity index (χ0n) is 17.2. The fraction of sp³-hybridized carbons (Fsp3) is 0.174. The number of carbonyl (C=O) groups excluding carboxylic acids is 1. The van der Waals surface area contributed by atoms with Gasteiger partial charge in [-0.25, -0.2) is 8.42 Å². The molecule has 30 heavy (non-hydrogen) atoms. The van der Waals surface area contributed by atoms with Gasteiger partial charge in [0, 0.05) is 38.9 Å². The predicted octanol–water partition coefficient (Wildman–Crippen LogP) is 3.51. The Bertz CT molecular complexity index is 1090. The SMILES string of the molecule is CN(C)c1ccc(CNC(=O)c2ccc(N(C)S(=O)(=O)c3ccccc3)cc2)cc1. The van der Waals surface area contributed by atoms with Crippen LogP contribution in [0.15, 0.2) is 83.8 Å². The molecule has 0 aliphatic heterocycles. The Morgan fingerprint density at radius 3 is 1.93 bits per heavy atom. The van der Waals surface area contributed by atoms with E-state index in [-0.39, 0.29) is 10.8 Å². The van der Waals surface area contributed by atoms with Crippen LogP contribution in [0, 0.1) is 0 Å². The van der Waals surface area contributed by atoms with Crippen LogP contribution in [0.3, 0.4) is 0 Å². The first-order chi connectivity index (χ1) is 14.3. The van der Waals surface area contributed by atoms with Gasteiger partial charge in [-0.05, 0) is 54.1 Å². The summed E-state index contributed by atoms with van der Waals surface area (Å²) < 4.78 is 26.6. The lowest BCUT2D eigenvalue weighted by Crippen LogP contribution is -2.27. The number of nitrogens with one attached hydrogen (secondary N) is 1. The summed E-state index contributed by atoms with van der Waals surface area (Å²) in [5.41, 5.74) is 3.04. The number of sulfonamides is 1. The average molecular weight is 424 g/mol. The molecule has 0 aliphatic rings. The van der Waals surface area contributed by atoms with Gasteiger partial charge in [0.25, 0.3) is 15.9 Å². The minimum Gasteiger partial charge on any atom is -0.378 e. The minimum absolute atomic E-state index is 0.216. The van der Waals surface area contributed by atoms with Crippen molar-refractivity contribution in [1.29, 1.82) is 0 Å². The van der Waals surface area contributed by atoms with Crippen LogP contribution in [-0.2, 0) is 16.6 Å². The number of carbonyl (C=O) groups is 1. The lowest BCUT2D eigenvalue weighted by molar-refractivity contribution is 0.0951. The van der Waals surface area contributed by atoms with Crippen molar-refractivity contribution in [1.82, 2.24) is 5.32 Å². The second kappa shape index (κ2) is 9.00. The van der Waals surface area contributed by atoms with E-state index in [0.29, 0.717) is 17.8 Å². The molecule has 0 fully saturated rings. The fourth-order valence-corrected chi connectivity index (χ4v) is 4.12. The summed E-state index contributed by atoms with van der Waals surface area (Å²) >= 11 is 0. The molecule has 0 radical (unpaired) electrons. The van der Waals surface area contributed by atoms with Gasteiger partial charge in [0.05, 0.1) is 10.6 Å². The molecular weight excluding hydrogens is 398 g/mol. The molecule has 3 rings (SSSR count).